The number of rotatable bonds is 3. The lowest BCUT2D eigenvalue weighted by Crippen LogP contribution is -2.50. The van der Waals surface area contributed by atoms with E-state index in [0.717, 1.165) is 44.0 Å². The van der Waals surface area contributed by atoms with Crippen LogP contribution in [0, 0.1) is 0 Å². The first-order chi connectivity index (χ1) is 10.3. The van der Waals surface area contributed by atoms with Gasteiger partial charge in [0.2, 0.25) is 5.91 Å². The first kappa shape index (κ1) is 14.5. The van der Waals surface area contributed by atoms with E-state index in [2.05, 4.69) is 20.2 Å². The topological polar surface area (TPSA) is 84.5 Å². The molecule has 0 radical (unpaired) electrons. The van der Waals surface area contributed by atoms with Crippen LogP contribution in [0.2, 0.25) is 0 Å². The lowest BCUT2D eigenvalue weighted by Gasteiger charge is -2.29. The number of amides is 1. The number of aromatic amines is 1. The SMILES string of the molecule is O=C(C1Cc2nc[nH]c2CN1)N1CCCN(CCO)CC1. The van der Waals surface area contributed by atoms with Crippen molar-refractivity contribution in [3.05, 3.63) is 17.7 Å². The van der Waals surface area contributed by atoms with Gasteiger partial charge in [-0.05, 0) is 13.0 Å². The second-order valence-corrected chi connectivity index (χ2v) is 5.71. The Hall–Kier alpha value is -1.44. The Morgan fingerprint density at radius 2 is 2.29 bits per heavy atom. The molecule has 1 saturated heterocycles. The van der Waals surface area contributed by atoms with E-state index in [9.17, 15) is 4.79 Å². The van der Waals surface area contributed by atoms with Gasteiger partial charge in [-0.3, -0.25) is 15.0 Å². The van der Waals surface area contributed by atoms with E-state index in [1.807, 2.05) is 4.90 Å². The number of fused-ring (bicyclic) bond motifs is 1. The molecule has 7 nitrogen and oxygen atoms in total. The minimum absolute atomic E-state index is 0.162. The molecule has 1 aromatic rings. The van der Waals surface area contributed by atoms with Crippen LogP contribution in [0.3, 0.4) is 0 Å². The Balaban J connectivity index is 1.58. The average Bonchev–Trinajstić information content (AvgIpc) is 2.85. The van der Waals surface area contributed by atoms with Crippen molar-refractivity contribution >= 4 is 5.91 Å². The van der Waals surface area contributed by atoms with Crippen LogP contribution >= 0.6 is 0 Å². The summed E-state index contributed by atoms with van der Waals surface area (Å²) in [6, 6.07) is -0.162. The van der Waals surface area contributed by atoms with Crippen molar-refractivity contribution in [2.45, 2.75) is 25.4 Å². The molecule has 3 rings (SSSR count). The van der Waals surface area contributed by atoms with E-state index in [4.69, 9.17) is 5.11 Å². The number of H-pyrrole nitrogens is 1. The normalized spacial score (nSPS) is 23.7. The third-order valence-electron chi connectivity index (χ3n) is 4.34. The Kier molecular flexibility index (Phi) is 4.52. The second-order valence-electron chi connectivity index (χ2n) is 5.71. The van der Waals surface area contributed by atoms with Crippen LogP contribution in [0.4, 0.5) is 0 Å². The lowest BCUT2D eigenvalue weighted by atomic mass is 10.0. The number of nitrogens with zero attached hydrogens (tertiary/aromatic N) is 3. The van der Waals surface area contributed by atoms with Crippen molar-refractivity contribution in [1.29, 1.82) is 0 Å². The van der Waals surface area contributed by atoms with Crippen molar-refractivity contribution in [2.24, 2.45) is 0 Å². The van der Waals surface area contributed by atoms with Crippen molar-refractivity contribution in [3.63, 3.8) is 0 Å². The number of β-amino-alcohol motifs (C(OH)–C–C–N with tert-alkyl or cyclic N) is 1. The van der Waals surface area contributed by atoms with Crippen LogP contribution in [0.25, 0.3) is 0 Å². The highest BCUT2D eigenvalue weighted by molar-refractivity contribution is 5.82. The maximum Gasteiger partial charge on any atom is 0.240 e. The van der Waals surface area contributed by atoms with Crippen LogP contribution in [0.15, 0.2) is 6.33 Å². The smallest absolute Gasteiger partial charge is 0.240 e. The zero-order valence-electron chi connectivity index (χ0n) is 12.2. The number of carbonyl (C=O) groups is 1. The molecule has 7 heteroatoms. The molecule has 2 aliphatic rings. The number of imidazole rings is 1. The zero-order chi connectivity index (χ0) is 14.7. The molecule has 0 aromatic carbocycles. The number of aliphatic hydroxyl groups is 1. The quantitative estimate of drug-likeness (QED) is 0.662. The summed E-state index contributed by atoms with van der Waals surface area (Å²) in [5.41, 5.74) is 2.09. The van der Waals surface area contributed by atoms with Crippen molar-refractivity contribution in [1.82, 2.24) is 25.1 Å². The summed E-state index contributed by atoms with van der Waals surface area (Å²) >= 11 is 0. The maximum atomic E-state index is 12.7. The molecule has 1 amide bonds. The predicted octanol–water partition coefficient (Wildman–Crippen LogP) is -1.05. The summed E-state index contributed by atoms with van der Waals surface area (Å²) in [5, 5.41) is 12.3. The molecule has 0 aliphatic carbocycles. The first-order valence-corrected chi connectivity index (χ1v) is 7.64. The molecule has 21 heavy (non-hydrogen) atoms. The van der Waals surface area contributed by atoms with E-state index in [1.165, 1.54) is 0 Å². The molecular formula is C14H23N5O2. The fourth-order valence-corrected chi connectivity index (χ4v) is 3.12. The summed E-state index contributed by atoms with van der Waals surface area (Å²) in [7, 11) is 0. The molecule has 0 saturated carbocycles. The Labute approximate surface area is 124 Å². The van der Waals surface area contributed by atoms with Gasteiger partial charge in [0.25, 0.3) is 0 Å². The minimum Gasteiger partial charge on any atom is -0.395 e. The predicted molar refractivity (Wildman–Crippen MR) is 77.6 cm³/mol. The highest BCUT2D eigenvalue weighted by atomic mass is 16.3. The second kappa shape index (κ2) is 6.55. The summed E-state index contributed by atoms with van der Waals surface area (Å²) < 4.78 is 0. The molecule has 0 spiro atoms. The molecule has 1 unspecified atom stereocenters. The highest BCUT2D eigenvalue weighted by Gasteiger charge is 2.30. The van der Waals surface area contributed by atoms with E-state index in [-0.39, 0.29) is 18.6 Å². The molecule has 3 N–H and O–H groups in total. The Morgan fingerprint density at radius 1 is 1.38 bits per heavy atom. The van der Waals surface area contributed by atoms with Gasteiger partial charge in [-0.1, -0.05) is 0 Å². The Morgan fingerprint density at radius 3 is 3.14 bits per heavy atom. The van der Waals surface area contributed by atoms with Crippen molar-refractivity contribution < 1.29 is 9.90 Å². The molecule has 2 aliphatic heterocycles. The average molecular weight is 293 g/mol. The van der Waals surface area contributed by atoms with Gasteiger partial charge in [0.05, 0.1) is 30.4 Å². The molecule has 0 bridgehead atoms. The van der Waals surface area contributed by atoms with Crippen LogP contribution in [-0.2, 0) is 17.8 Å². The van der Waals surface area contributed by atoms with Crippen LogP contribution in [0.1, 0.15) is 17.8 Å². The number of aromatic nitrogens is 2. The van der Waals surface area contributed by atoms with Gasteiger partial charge in [-0.2, -0.15) is 0 Å². The summed E-state index contributed by atoms with van der Waals surface area (Å²) in [6.45, 7) is 4.88. The van der Waals surface area contributed by atoms with Crippen LogP contribution in [-0.4, -0.2) is 76.2 Å². The number of nitrogens with one attached hydrogen (secondary N) is 2. The van der Waals surface area contributed by atoms with E-state index >= 15 is 0 Å². The number of hydrogen-bond donors (Lipinski definition) is 3. The molecular weight excluding hydrogens is 270 g/mol. The summed E-state index contributed by atoms with van der Waals surface area (Å²) in [5.74, 6) is 0.175. The molecule has 1 aromatic heterocycles. The van der Waals surface area contributed by atoms with Gasteiger partial charge >= 0.3 is 0 Å². The van der Waals surface area contributed by atoms with Crippen LogP contribution in [0.5, 0.6) is 0 Å². The van der Waals surface area contributed by atoms with Crippen molar-refractivity contribution in [2.75, 3.05) is 39.3 Å². The van der Waals surface area contributed by atoms with Gasteiger partial charge in [0.15, 0.2) is 0 Å². The number of hydrogen-bond acceptors (Lipinski definition) is 5. The molecule has 3 heterocycles. The van der Waals surface area contributed by atoms with Gasteiger partial charge in [-0.15, -0.1) is 0 Å². The molecule has 116 valence electrons. The summed E-state index contributed by atoms with van der Waals surface area (Å²) in [4.78, 5) is 24.2. The lowest BCUT2D eigenvalue weighted by molar-refractivity contribution is -0.133. The zero-order valence-corrected chi connectivity index (χ0v) is 12.2. The van der Waals surface area contributed by atoms with Gasteiger partial charge in [0.1, 0.15) is 0 Å². The molecule has 1 atom stereocenters. The third kappa shape index (κ3) is 3.25. The van der Waals surface area contributed by atoms with Crippen molar-refractivity contribution in [3.8, 4) is 0 Å². The van der Waals surface area contributed by atoms with E-state index in [0.29, 0.717) is 19.5 Å². The largest absolute Gasteiger partial charge is 0.395 e. The first-order valence-electron chi connectivity index (χ1n) is 7.64. The fourth-order valence-electron chi connectivity index (χ4n) is 3.12. The van der Waals surface area contributed by atoms with E-state index < -0.39 is 0 Å². The van der Waals surface area contributed by atoms with Gasteiger partial charge < -0.3 is 15.0 Å². The fraction of sp³-hybridized carbons (Fsp3) is 0.714. The number of carbonyl (C=O) groups excluding carboxylic acids is 1. The number of aliphatic hydroxyl groups excluding tert-OH is 1. The van der Waals surface area contributed by atoms with E-state index in [1.54, 1.807) is 6.33 Å². The minimum atomic E-state index is -0.162. The summed E-state index contributed by atoms with van der Waals surface area (Å²) in [6.07, 6.45) is 3.32. The van der Waals surface area contributed by atoms with Gasteiger partial charge in [0, 0.05) is 39.1 Å². The standard InChI is InChI=1S/C14H23N5O2/c20-7-6-18-2-1-3-19(5-4-18)14(21)12-8-11-13(9-15-12)17-10-16-11/h10,12,15,20H,1-9H2,(H,16,17). The molecule has 1 fully saturated rings. The van der Waals surface area contributed by atoms with Gasteiger partial charge in [-0.25, -0.2) is 4.98 Å². The Bertz CT molecular complexity index is 489. The third-order valence-corrected chi connectivity index (χ3v) is 4.34. The highest BCUT2D eigenvalue weighted by Crippen LogP contribution is 2.14. The maximum absolute atomic E-state index is 12.7. The monoisotopic (exact) mass is 293 g/mol. The van der Waals surface area contributed by atoms with Crippen LogP contribution < -0.4 is 5.32 Å².